The van der Waals surface area contributed by atoms with E-state index in [9.17, 15) is 9.59 Å². The van der Waals surface area contributed by atoms with E-state index in [1.54, 1.807) is 12.0 Å². The molecule has 0 atom stereocenters. The van der Waals surface area contributed by atoms with E-state index in [1.165, 1.54) is 0 Å². The van der Waals surface area contributed by atoms with Gasteiger partial charge in [-0.15, -0.1) is 0 Å². The van der Waals surface area contributed by atoms with E-state index in [2.05, 4.69) is 5.32 Å². The molecule has 1 aromatic heterocycles. The molecule has 0 aliphatic carbocycles. The van der Waals surface area contributed by atoms with E-state index < -0.39 is 5.60 Å². The number of aryl methyl sites for hydroxylation is 1. The lowest BCUT2D eigenvalue weighted by atomic mass is 10.0. The molecular weight excluding hydrogens is 382 g/mol. The maximum atomic E-state index is 12.9. The second kappa shape index (κ2) is 8.81. The van der Waals surface area contributed by atoms with Crippen molar-refractivity contribution in [3.05, 3.63) is 47.8 Å². The highest BCUT2D eigenvalue weighted by Crippen LogP contribution is 2.27. The lowest BCUT2D eigenvalue weighted by molar-refractivity contribution is 0.0187. The first-order valence-corrected chi connectivity index (χ1v) is 10.3. The molecule has 2 amide bonds. The molecule has 0 radical (unpaired) electrons. The number of hydrogen-bond acceptors (Lipinski definition) is 4. The van der Waals surface area contributed by atoms with Crippen molar-refractivity contribution in [2.75, 3.05) is 25.5 Å². The molecule has 0 saturated carbocycles. The molecule has 7 heteroatoms. The predicted molar refractivity (Wildman–Crippen MR) is 116 cm³/mol. The second-order valence-corrected chi connectivity index (χ2v) is 8.64. The molecule has 162 valence electrons. The van der Waals surface area contributed by atoms with Gasteiger partial charge in [0, 0.05) is 31.0 Å². The summed E-state index contributed by atoms with van der Waals surface area (Å²) in [5, 5.41) is 2.97. The molecule has 7 nitrogen and oxygen atoms in total. The number of benzene rings is 1. The van der Waals surface area contributed by atoms with Crippen LogP contribution >= 0.6 is 0 Å². The summed E-state index contributed by atoms with van der Waals surface area (Å²) in [4.78, 5) is 26.9. The fourth-order valence-corrected chi connectivity index (χ4v) is 3.71. The molecule has 1 fully saturated rings. The Balaban J connectivity index is 1.64. The number of nitrogens with one attached hydrogen (secondary N) is 1. The third-order valence-corrected chi connectivity index (χ3v) is 5.17. The van der Waals surface area contributed by atoms with Gasteiger partial charge in [0.2, 0.25) is 0 Å². The van der Waals surface area contributed by atoms with Crippen LogP contribution in [0.5, 0.6) is 5.75 Å². The van der Waals surface area contributed by atoms with Gasteiger partial charge < -0.3 is 24.3 Å². The summed E-state index contributed by atoms with van der Waals surface area (Å²) in [5.74, 6) is 0.632. The summed E-state index contributed by atoms with van der Waals surface area (Å²) >= 11 is 0. The number of methoxy groups -OCH3 is 1. The molecule has 1 saturated heterocycles. The van der Waals surface area contributed by atoms with Gasteiger partial charge in [0.05, 0.1) is 7.11 Å². The summed E-state index contributed by atoms with van der Waals surface area (Å²) in [6, 6.07) is 9.44. The quantitative estimate of drug-likeness (QED) is 0.793. The first-order valence-electron chi connectivity index (χ1n) is 10.3. The smallest absolute Gasteiger partial charge is 0.410 e. The van der Waals surface area contributed by atoms with Crippen molar-refractivity contribution < 1.29 is 19.1 Å². The van der Waals surface area contributed by atoms with Crippen LogP contribution in [0.15, 0.2) is 36.5 Å². The summed E-state index contributed by atoms with van der Waals surface area (Å²) in [7, 11) is 1.63. The first kappa shape index (κ1) is 21.7. The number of carbonyl (C=O) groups excluding carboxylic acids is 2. The van der Waals surface area contributed by atoms with Crippen LogP contribution in [0.25, 0.3) is 0 Å². The molecule has 1 aliphatic heterocycles. The van der Waals surface area contributed by atoms with E-state index >= 15 is 0 Å². The zero-order chi connectivity index (χ0) is 21.9. The van der Waals surface area contributed by atoms with Gasteiger partial charge in [0.25, 0.3) is 5.91 Å². The minimum Gasteiger partial charge on any atom is -0.496 e. The number of anilines is 1. The maximum Gasteiger partial charge on any atom is 0.410 e. The number of amides is 2. The third kappa shape index (κ3) is 5.14. The Hall–Kier alpha value is -2.96. The zero-order valence-corrected chi connectivity index (χ0v) is 18.4. The Morgan fingerprint density at radius 3 is 2.43 bits per heavy atom. The first-order chi connectivity index (χ1) is 14.2. The van der Waals surface area contributed by atoms with Gasteiger partial charge in [-0.05, 0) is 76.4 Å². The Kier molecular flexibility index (Phi) is 6.39. The Bertz CT molecular complexity index is 905. The van der Waals surface area contributed by atoms with Gasteiger partial charge in [0.15, 0.2) is 0 Å². The SMILES string of the molecule is COc1ccc(NC(=O)c2cccn2C2CCN(C(=O)OC(C)(C)C)CC2)cc1C. The lowest BCUT2D eigenvalue weighted by Gasteiger charge is -2.34. The summed E-state index contributed by atoms with van der Waals surface area (Å²) < 4.78 is 12.8. The van der Waals surface area contributed by atoms with Gasteiger partial charge in [0.1, 0.15) is 17.0 Å². The van der Waals surface area contributed by atoms with Crippen LogP contribution in [0.3, 0.4) is 0 Å². The van der Waals surface area contributed by atoms with E-state index in [1.807, 2.05) is 68.8 Å². The van der Waals surface area contributed by atoms with Crippen molar-refractivity contribution >= 4 is 17.7 Å². The molecule has 3 rings (SSSR count). The van der Waals surface area contributed by atoms with Crippen molar-refractivity contribution in [3.63, 3.8) is 0 Å². The summed E-state index contributed by atoms with van der Waals surface area (Å²) in [6.45, 7) is 8.76. The average molecular weight is 414 g/mol. The molecule has 1 aromatic carbocycles. The van der Waals surface area contributed by atoms with Crippen LogP contribution < -0.4 is 10.1 Å². The lowest BCUT2D eigenvalue weighted by Crippen LogP contribution is -2.42. The standard InChI is InChI=1S/C23H31N3O4/c1-16-15-17(8-9-20(16)29-5)24-21(27)19-7-6-12-26(19)18-10-13-25(14-11-18)22(28)30-23(2,3)4/h6-9,12,15,18H,10-11,13-14H2,1-5H3,(H,24,27). The highest BCUT2D eigenvalue weighted by molar-refractivity contribution is 6.03. The van der Waals surface area contributed by atoms with Gasteiger partial charge in [-0.3, -0.25) is 4.79 Å². The third-order valence-electron chi connectivity index (χ3n) is 5.17. The number of rotatable bonds is 4. The fourth-order valence-electron chi connectivity index (χ4n) is 3.71. The normalized spacial score (nSPS) is 15.0. The highest BCUT2D eigenvalue weighted by Gasteiger charge is 2.28. The largest absolute Gasteiger partial charge is 0.496 e. The van der Waals surface area contributed by atoms with Gasteiger partial charge >= 0.3 is 6.09 Å². The molecule has 2 aromatic rings. The highest BCUT2D eigenvalue weighted by atomic mass is 16.6. The van der Waals surface area contributed by atoms with Crippen LogP contribution in [0, 0.1) is 6.92 Å². The summed E-state index contributed by atoms with van der Waals surface area (Å²) in [6.07, 6.45) is 3.20. The number of hydrogen-bond donors (Lipinski definition) is 1. The van der Waals surface area contributed by atoms with Crippen LogP contribution in [0.2, 0.25) is 0 Å². The van der Waals surface area contributed by atoms with Gasteiger partial charge in [-0.1, -0.05) is 0 Å². The number of nitrogens with zero attached hydrogens (tertiary/aromatic N) is 2. The van der Waals surface area contributed by atoms with Crippen LogP contribution in [-0.4, -0.2) is 47.3 Å². The van der Waals surface area contributed by atoms with Crippen molar-refractivity contribution in [1.29, 1.82) is 0 Å². The number of piperidine rings is 1. The Labute approximate surface area is 178 Å². The van der Waals surface area contributed by atoms with Gasteiger partial charge in [-0.2, -0.15) is 0 Å². The molecule has 0 bridgehead atoms. The van der Waals surface area contributed by atoms with Crippen LogP contribution in [0.4, 0.5) is 10.5 Å². The van der Waals surface area contributed by atoms with Gasteiger partial charge in [-0.25, -0.2) is 4.79 Å². The van der Waals surface area contributed by atoms with E-state index in [0.717, 1.165) is 29.8 Å². The van der Waals surface area contributed by atoms with Crippen molar-refractivity contribution in [1.82, 2.24) is 9.47 Å². The molecule has 30 heavy (non-hydrogen) atoms. The molecular formula is C23H31N3O4. The van der Waals surface area contributed by atoms with Crippen molar-refractivity contribution in [2.24, 2.45) is 0 Å². The number of ether oxygens (including phenoxy) is 2. The Morgan fingerprint density at radius 1 is 1.13 bits per heavy atom. The molecule has 0 unspecified atom stereocenters. The maximum absolute atomic E-state index is 12.9. The molecule has 1 aliphatic rings. The van der Waals surface area contributed by atoms with E-state index in [4.69, 9.17) is 9.47 Å². The van der Waals surface area contributed by atoms with Crippen LogP contribution in [-0.2, 0) is 4.74 Å². The zero-order valence-electron chi connectivity index (χ0n) is 18.4. The Morgan fingerprint density at radius 2 is 1.83 bits per heavy atom. The number of carbonyl (C=O) groups is 2. The number of likely N-dealkylation sites (tertiary alicyclic amines) is 1. The second-order valence-electron chi connectivity index (χ2n) is 8.64. The monoisotopic (exact) mass is 413 g/mol. The number of aromatic nitrogens is 1. The van der Waals surface area contributed by atoms with E-state index in [0.29, 0.717) is 18.8 Å². The molecule has 0 spiro atoms. The fraction of sp³-hybridized carbons (Fsp3) is 0.478. The summed E-state index contributed by atoms with van der Waals surface area (Å²) in [5.41, 5.74) is 1.80. The average Bonchev–Trinajstić information content (AvgIpc) is 3.17. The predicted octanol–water partition coefficient (Wildman–Crippen LogP) is 4.63. The van der Waals surface area contributed by atoms with Crippen molar-refractivity contribution in [3.8, 4) is 5.75 Å². The van der Waals surface area contributed by atoms with Crippen molar-refractivity contribution in [2.45, 2.75) is 52.2 Å². The minimum absolute atomic E-state index is 0.154. The topological polar surface area (TPSA) is 72.8 Å². The van der Waals surface area contributed by atoms with E-state index in [-0.39, 0.29) is 18.0 Å². The molecule has 2 heterocycles. The van der Waals surface area contributed by atoms with Crippen LogP contribution in [0.1, 0.15) is 55.7 Å². The minimum atomic E-state index is -0.501. The molecule has 1 N–H and O–H groups in total.